The molecule has 0 amide bonds. The highest BCUT2D eigenvalue weighted by atomic mass is 16.5. The van der Waals surface area contributed by atoms with E-state index in [0.717, 1.165) is 5.56 Å². The molecule has 4 nitrogen and oxygen atoms in total. The number of hydrogen-bond donors (Lipinski definition) is 0. The van der Waals surface area contributed by atoms with Gasteiger partial charge in [0.1, 0.15) is 19.0 Å². The Bertz CT molecular complexity index is 635. The largest absolute Gasteiger partial charge is 0.493 e. The number of ether oxygens (including phenoxy) is 3. The second-order valence-electron chi connectivity index (χ2n) is 5.50. The van der Waals surface area contributed by atoms with Gasteiger partial charge in [0.25, 0.3) is 0 Å². The summed E-state index contributed by atoms with van der Waals surface area (Å²) >= 11 is 0. The highest BCUT2D eigenvalue weighted by molar-refractivity contribution is 5.81. The highest BCUT2D eigenvalue weighted by Crippen LogP contribution is 2.32. The van der Waals surface area contributed by atoms with Crippen LogP contribution in [0.15, 0.2) is 48.5 Å². The number of rotatable bonds is 8. The van der Waals surface area contributed by atoms with Crippen molar-refractivity contribution in [2.45, 2.75) is 20.5 Å². The molecule has 0 N–H and O–H groups in total. The first kappa shape index (κ1) is 16.9. The molecule has 23 heavy (non-hydrogen) atoms. The van der Waals surface area contributed by atoms with Gasteiger partial charge in [-0.1, -0.05) is 44.2 Å². The van der Waals surface area contributed by atoms with E-state index in [1.807, 2.05) is 44.2 Å². The Labute approximate surface area is 137 Å². The summed E-state index contributed by atoms with van der Waals surface area (Å²) < 4.78 is 16.6. The van der Waals surface area contributed by atoms with Gasteiger partial charge in [-0.15, -0.1) is 0 Å². The van der Waals surface area contributed by atoms with Crippen molar-refractivity contribution >= 4 is 5.78 Å². The van der Waals surface area contributed by atoms with Crippen LogP contribution in [0.1, 0.15) is 19.4 Å². The number of Topliss-reactive ketones (excluding diaryl/α,β-unsaturated/α-hetero) is 1. The van der Waals surface area contributed by atoms with E-state index >= 15 is 0 Å². The summed E-state index contributed by atoms with van der Waals surface area (Å²) in [5.74, 6) is 1.83. The molecule has 0 fully saturated rings. The maximum Gasteiger partial charge on any atom is 0.172 e. The minimum atomic E-state index is -0.0367. The third-order valence-corrected chi connectivity index (χ3v) is 3.40. The standard InChI is InChI=1S/C19H22O4/c1-14(2)17(20)13-22-16-9-10-18(19(11-16)21-3)23-12-15-7-5-4-6-8-15/h4-11,14H,12-13H2,1-3H3. The van der Waals surface area contributed by atoms with E-state index in [1.165, 1.54) is 0 Å². The van der Waals surface area contributed by atoms with E-state index in [1.54, 1.807) is 25.3 Å². The van der Waals surface area contributed by atoms with E-state index in [0.29, 0.717) is 23.9 Å². The topological polar surface area (TPSA) is 44.8 Å². The Kier molecular flexibility index (Phi) is 6.03. The Morgan fingerprint density at radius 2 is 1.74 bits per heavy atom. The molecule has 4 heteroatoms. The zero-order valence-corrected chi connectivity index (χ0v) is 13.7. The van der Waals surface area contributed by atoms with Gasteiger partial charge in [-0.3, -0.25) is 4.79 Å². The zero-order valence-electron chi connectivity index (χ0n) is 13.7. The summed E-state index contributed by atoms with van der Waals surface area (Å²) in [5, 5.41) is 0. The van der Waals surface area contributed by atoms with Crippen molar-refractivity contribution in [1.29, 1.82) is 0 Å². The predicted octanol–water partition coefficient (Wildman–Crippen LogP) is 3.88. The van der Waals surface area contributed by atoms with Gasteiger partial charge in [0.2, 0.25) is 0 Å². The number of methoxy groups -OCH3 is 1. The van der Waals surface area contributed by atoms with Crippen LogP contribution in [-0.4, -0.2) is 19.5 Å². The molecule has 0 aliphatic heterocycles. The molecule has 0 bridgehead atoms. The van der Waals surface area contributed by atoms with Gasteiger partial charge in [-0.2, -0.15) is 0 Å². The van der Waals surface area contributed by atoms with E-state index < -0.39 is 0 Å². The summed E-state index contributed by atoms with van der Waals surface area (Å²) in [5.41, 5.74) is 1.08. The molecule has 0 unspecified atom stereocenters. The maximum atomic E-state index is 11.6. The SMILES string of the molecule is COc1cc(OCC(=O)C(C)C)ccc1OCc1ccccc1. The van der Waals surface area contributed by atoms with Crippen LogP contribution >= 0.6 is 0 Å². The Hall–Kier alpha value is -2.49. The average Bonchev–Trinajstić information content (AvgIpc) is 2.58. The Balaban J connectivity index is 2.00. The highest BCUT2D eigenvalue weighted by Gasteiger charge is 2.10. The maximum absolute atomic E-state index is 11.6. The lowest BCUT2D eigenvalue weighted by Crippen LogP contribution is -2.16. The minimum Gasteiger partial charge on any atom is -0.493 e. The molecule has 0 heterocycles. The normalized spacial score (nSPS) is 10.4. The van der Waals surface area contributed by atoms with Gasteiger partial charge in [0.15, 0.2) is 17.3 Å². The smallest absolute Gasteiger partial charge is 0.172 e. The van der Waals surface area contributed by atoms with Crippen molar-refractivity contribution in [3.63, 3.8) is 0 Å². The molecule has 0 aliphatic carbocycles. The summed E-state index contributed by atoms with van der Waals surface area (Å²) in [6.07, 6.45) is 0. The fraction of sp³-hybridized carbons (Fsp3) is 0.316. The van der Waals surface area contributed by atoms with Crippen molar-refractivity contribution in [3.05, 3.63) is 54.1 Å². The molecule has 0 atom stereocenters. The zero-order chi connectivity index (χ0) is 16.7. The van der Waals surface area contributed by atoms with Crippen molar-refractivity contribution < 1.29 is 19.0 Å². The molecule has 0 saturated carbocycles. The molecule has 0 aliphatic rings. The van der Waals surface area contributed by atoms with E-state index in [9.17, 15) is 4.79 Å². The number of benzene rings is 2. The molecule has 0 saturated heterocycles. The molecule has 2 rings (SSSR count). The van der Waals surface area contributed by atoms with Crippen molar-refractivity contribution in [1.82, 2.24) is 0 Å². The van der Waals surface area contributed by atoms with Crippen LogP contribution in [-0.2, 0) is 11.4 Å². The van der Waals surface area contributed by atoms with Crippen LogP contribution in [0, 0.1) is 5.92 Å². The third-order valence-electron chi connectivity index (χ3n) is 3.40. The number of ketones is 1. The number of carbonyl (C=O) groups excluding carboxylic acids is 1. The van der Waals surface area contributed by atoms with Crippen LogP contribution in [0.5, 0.6) is 17.2 Å². The van der Waals surface area contributed by atoms with Crippen LogP contribution in [0.2, 0.25) is 0 Å². The van der Waals surface area contributed by atoms with Crippen LogP contribution in [0.3, 0.4) is 0 Å². The minimum absolute atomic E-state index is 0.0367. The molecular weight excluding hydrogens is 292 g/mol. The van der Waals surface area contributed by atoms with Gasteiger partial charge in [-0.25, -0.2) is 0 Å². The second-order valence-corrected chi connectivity index (χ2v) is 5.50. The lowest BCUT2D eigenvalue weighted by atomic mass is 10.1. The lowest BCUT2D eigenvalue weighted by molar-refractivity contribution is -0.123. The molecular formula is C19H22O4. The van der Waals surface area contributed by atoms with Gasteiger partial charge >= 0.3 is 0 Å². The Morgan fingerprint density at radius 1 is 1.00 bits per heavy atom. The number of carbonyl (C=O) groups is 1. The second kappa shape index (κ2) is 8.22. The molecule has 2 aromatic carbocycles. The van der Waals surface area contributed by atoms with Crippen LogP contribution in [0.4, 0.5) is 0 Å². The van der Waals surface area contributed by atoms with Gasteiger partial charge < -0.3 is 14.2 Å². The summed E-state index contributed by atoms with van der Waals surface area (Å²) in [4.78, 5) is 11.6. The summed E-state index contributed by atoms with van der Waals surface area (Å²) in [6, 6.07) is 15.2. The molecule has 2 aromatic rings. The molecule has 0 radical (unpaired) electrons. The van der Waals surface area contributed by atoms with Gasteiger partial charge in [0, 0.05) is 12.0 Å². The third kappa shape index (κ3) is 5.02. The molecule has 0 spiro atoms. The molecule has 122 valence electrons. The predicted molar refractivity (Wildman–Crippen MR) is 89.1 cm³/mol. The van der Waals surface area contributed by atoms with Crippen molar-refractivity contribution in [3.8, 4) is 17.2 Å². The Morgan fingerprint density at radius 3 is 2.39 bits per heavy atom. The summed E-state index contributed by atoms with van der Waals surface area (Å²) in [6.45, 7) is 4.23. The first-order valence-corrected chi connectivity index (χ1v) is 7.60. The quantitative estimate of drug-likeness (QED) is 0.742. The van der Waals surface area contributed by atoms with Crippen LogP contribution < -0.4 is 14.2 Å². The van der Waals surface area contributed by atoms with E-state index in [4.69, 9.17) is 14.2 Å². The molecule has 0 aromatic heterocycles. The van der Waals surface area contributed by atoms with Crippen LogP contribution in [0.25, 0.3) is 0 Å². The van der Waals surface area contributed by atoms with Gasteiger partial charge in [-0.05, 0) is 17.7 Å². The fourth-order valence-electron chi connectivity index (χ4n) is 1.91. The monoisotopic (exact) mass is 314 g/mol. The van der Waals surface area contributed by atoms with E-state index in [2.05, 4.69) is 0 Å². The first-order valence-electron chi connectivity index (χ1n) is 7.60. The summed E-state index contributed by atoms with van der Waals surface area (Å²) in [7, 11) is 1.58. The average molecular weight is 314 g/mol. The fourth-order valence-corrected chi connectivity index (χ4v) is 1.91. The van der Waals surface area contributed by atoms with Crippen molar-refractivity contribution in [2.24, 2.45) is 5.92 Å². The lowest BCUT2D eigenvalue weighted by Gasteiger charge is -2.13. The van der Waals surface area contributed by atoms with Gasteiger partial charge in [0.05, 0.1) is 7.11 Å². The van der Waals surface area contributed by atoms with Crippen molar-refractivity contribution in [2.75, 3.05) is 13.7 Å². The number of hydrogen-bond acceptors (Lipinski definition) is 4. The van der Waals surface area contributed by atoms with E-state index in [-0.39, 0.29) is 18.3 Å². The first-order chi connectivity index (χ1) is 11.1.